The number of hydrogen-bond acceptors (Lipinski definition) is 6. The molecule has 1 saturated heterocycles. The molecule has 0 aromatic rings. The first-order valence-corrected chi connectivity index (χ1v) is 7.64. The zero-order valence-corrected chi connectivity index (χ0v) is 11.9. The topological polar surface area (TPSA) is 90.0 Å². The second kappa shape index (κ2) is 6.85. The van der Waals surface area contributed by atoms with Gasteiger partial charge < -0.3 is 9.47 Å². The van der Waals surface area contributed by atoms with Gasteiger partial charge in [-0.25, -0.2) is 8.42 Å². The quantitative estimate of drug-likeness (QED) is 0.658. The van der Waals surface area contributed by atoms with Crippen molar-refractivity contribution in [3.05, 3.63) is 0 Å². The molecule has 0 aliphatic carbocycles. The maximum atomic E-state index is 12.1. The molecule has 7 nitrogen and oxygen atoms in total. The number of ether oxygens (including phenoxy) is 2. The fourth-order valence-electron chi connectivity index (χ4n) is 2.11. The highest BCUT2D eigenvalue weighted by atomic mass is 32.2. The Balaban J connectivity index is 2.81. The van der Waals surface area contributed by atoms with Crippen molar-refractivity contribution in [3.8, 4) is 0 Å². The number of piperidine rings is 1. The SMILES string of the molecule is COC(=O)CC1CCCCN1S(=O)(=O)CC(=O)OC. The molecule has 0 bridgehead atoms. The van der Waals surface area contributed by atoms with Crippen LogP contribution in [0.2, 0.25) is 0 Å². The molecule has 0 N–H and O–H groups in total. The smallest absolute Gasteiger partial charge is 0.322 e. The van der Waals surface area contributed by atoms with Crippen molar-refractivity contribution >= 4 is 22.0 Å². The Hall–Kier alpha value is -1.15. The molecule has 110 valence electrons. The molecule has 1 aliphatic heterocycles. The predicted molar refractivity (Wildman–Crippen MR) is 66.8 cm³/mol. The lowest BCUT2D eigenvalue weighted by molar-refractivity contribution is -0.141. The summed E-state index contributed by atoms with van der Waals surface area (Å²) in [5, 5.41) is 0. The summed E-state index contributed by atoms with van der Waals surface area (Å²) >= 11 is 0. The van der Waals surface area contributed by atoms with Gasteiger partial charge >= 0.3 is 11.9 Å². The monoisotopic (exact) mass is 293 g/mol. The molecule has 0 spiro atoms. The van der Waals surface area contributed by atoms with Crippen molar-refractivity contribution < 1.29 is 27.5 Å². The highest BCUT2D eigenvalue weighted by Gasteiger charge is 2.35. The summed E-state index contributed by atoms with van der Waals surface area (Å²) in [7, 11) is -1.35. The molecule has 0 aromatic carbocycles. The second-order valence-corrected chi connectivity index (χ2v) is 6.29. The number of nitrogens with zero attached hydrogens (tertiary/aromatic N) is 1. The van der Waals surface area contributed by atoms with E-state index < -0.39 is 33.8 Å². The second-order valence-electron chi connectivity index (χ2n) is 4.37. The van der Waals surface area contributed by atoms with Crippen LogP contribution in [0, 0.1) is 0 Å². The van der Waals surface area contributed by atoms with Gasteiger partial charge in [-0.1, -0.05) is 6.42 Å². The van der Waals surface area contributed by atoms with Crippen LogP contribution in [0.4, 0.5) is 0 Å². The van der Waals surface area contributed by atoms with Crippen molar-refractivity contribution in [2.24, 2.45) is 0 Å². The molecule has 1 rings (SSSR count). The van der Waals surface area contributed by atoms with Crippen molar-refractivity contribution in [3.63, 3.8) is 0 Å². The normalized spacial score (nSPS) is 20.8. The molecule has 1 atom stereocenters. The summed E-state index contributed by atoms with van der Waals surface area (Å²) in [6.45, 7) is 0.320. The zero-order valence-electron chi connectivity index (χ0n) is 11.1. The van der Waals surface area contributed by atoms with Crippen LogP contribution >= 0.6 is 0 Å². The molecule has 0 radical (unpaired) electrons. The predicted octanol–water partition coefficient (Wildman–Crippen LogP) is -0.0932. The number of rotatable bonds is 5. The summed E-state index contributed by atoms with van der Waals surface area (Å²) in [5.74, 6) is -1.95. The molecule has 0 amide bonds. The average molecular weight is 293 g/mol. The number of hydrogen-bond donors (Lipinski definition) is 0. The van der Waals surface area contributed by atoms with Crippen molar-refractivity contribution in [2.75, 3.05) is 26.5 Å². The van der Waals surface area contributed by atoms with Gasteiger partial charge in [0.15, 0.2) is 5.75 Å². The minimum Gasteiger partial charge on any atom is -0.469 e. The third-order valence-electron chi connectivity index (χ3n) is 3.09. The van der Waals surface area contributed by atoms with Crippen LogP contribution in [0.5, 0.6) is 0 Å². The van der Waals surface area contributed by atoms with Gasteiger partial charge in [-0.2, -0.15) is 4.31 Å². The van der Waals surface area contributed by atoms with Gasteiger partial charge in [0.25, 0.3) is 0 Å². The Morgan fingerprint density at radius 3 is 2.37 bits per heavy atom. The van der Waals surface area contributed by atoms with Crippen LogP contribution in [0.25, 0.3) is 0 Å². The molecule has 0 saturated carbocycles. The first kappa shape index (κ1) is 15.9. The lowest BCUT2D eigenvalue weighted by atomic mass is 10.0. The van der Waals surface area contributed by atoms with Crippen LogP contribution in [0.1, 0.15) is 25.7 Å². The Morgan fingerprint density at radius 2 is 1.79 bits per heavy atom. The van der Waals surface area contributed by atoms with E-state index in [9.17, 15) is 18.0 Å². The molecular weight excluding hydrogens is 274 g/mol. The minimum atomic E-state index is -3.75. The highest BCUT2D eigenvalue weighted by Crippen LogP contribution is 2.23. The third kappa shape index (κ3) is 4.46. The van der Waals surface area contributed by atoms with Crippen molar-refractivity contribution in [2.45, 2.75) is 31.7 Å². The van der Waals surface area contributed by atoms with E-state index in [4.69, 9.17) is 0 Å². The van der Waals surface area contributed by atoms with Gasteiger partial charge in [-0.3, -0.25) is 9.59 Å². The van der Waals surface area contributed by atoms with Gasteiger partial charge in [0.2, 0.25) is 10.0 Å². The van der Waals surface area contributed by atoms with Gasteiger partial charge in [-0.15, -0.1) is 0 Å². The van der Waals surface area contributed by atoms with Crippen molar-refractivity contribution in [1.82, 2.24) is 4.31 Å². The number of carbonyl (C=O) groups excluding carboxylic acids is 2. The molecule has 19 heavy (non-hydrogen) atoms. The zero-order chi connectivity index (χ0) is 14.5. The van der Waals surface area contributed by atoms with Crippen molar-refractivity contribution in [1.29, 1.82) is 0 Å². The van der Waals surface area contributed by atoms with Gasteiger partial charge in [0.05, 0.1) is 20.6 Å². The lowest BCUT2D eigenvalue weighted by Gasteiger charge is -2.33. The lowest BCUT2D eigenvalue weighted by Crippen LogP contribution is -2.46. The summed E-state index contributed by atoms with van der Waals surface area (Å²) in [6.07, 6.45) is 2.18. The van der Waals surface area contributed by atoms with E-state index in [0.717, 1.165) is 20.0 Å². The summed E-state index contributed by atoms with van der Waals surface area (Å²) < 4.78 is 34.4. The number of sulfonamides is 1. The fourth-order valence-corrected chi connectivity index (χ4v) is 3.73. The molecule has 8 heteroatoms. The van der Waals surface area contributed by atoms with Crippen LogP contribution < -0.4 is 0 Å². The van der Waals surface area contributed by atoms with Gasteiger partial charge in [0.1, 0.15) is 0 Å². The summed E-state index contributed by atoms with van der Waals surface area (Å²) in [5.41, 5.74) is 0. The minimum absolute atomic E-state index is 0.0108. The summed E-state index contributed by atoms with van der Waals surface area (Å²) in [6, 6.07) is -0.434. The first-order valence-electron chi connectivity index (χ1n) is 6.04. The first-order chi connectivity index (χ1) is 8.90. The Kier molecular flexibility index (Phi) is 5.74. The number of methoxy groups -OCH3 is 2. The molecule has 1 unspecified atom stereocenters. The molecule has 1 fully saturated rings. The largest absolute Gasteiger partial charge is 0.469 e. The Labute approximate surface area is 112 Å². The van der Waals surface area contributed by atoms with E-state index >= 15 is 0 Å². The molecule has 1 heterocycles. The van der Waals surface area contributed by atoms with E-state index in [1.165, 1.54) is 11.4 Å². The van der Waals surface area contributed by atoms with E-state index in [0.29, 0.717) is 13.0 Å². The third-order valence-corrected chi connectivity index (χ3v) is 4.88. The summed E-state index contributed by atoms with van der Waals surface area (Å²) in [4.78, 5) is 22.4. The van der Waals surface area contributed by atoms with Gasteiger partial charge in [-0.05, 0) is 12.8 Å². The molecule has 0 aromatic heterocycles. The van der Waals surface area contributed by atoms with Crippen LogP contribution in [0.15, 0.2) is 0 Å². The number of esters is 2. The average Bonchev–Trinajstić information content (AvgIpc) is 2.38. The maximum absolute atomic E-state index is 12.1. The van der Waals surface area contributed by atoms with Crippen LogP contribution in [-0.2, 0) is 29.1 Å². The maximum Gasteiger partial charge on any atom is 0.322 e. The van der Waals surface area contributed by atoms with Crippen LogP contribution in [0.3, 0.4) is 0 Å². The van der Waals surface area contributed by atoms with Gasteiger partial charge in [0, 0.05) is 12.6 Å². The van der Waals surface area contributed by atoms with E-state index in [2.05, 4.69) is 9.47 Å². The fraction of sp³-hybridized carbons (Fsp3) is 0.818. The van der Waals surface area contributed by atoms with E-state index in [1.54, 1.807) is 0 Å². The van der Waals surface area contributed by atoms with E-state index in [1.807, 2.05) is 0 Å². The molecule has 1 aliphatic rings. The molecular formula is C11H19NO6S. The number of carbonyl (C=O) groups is 2. The Bertz CT molecular complexity index is 432. The Morgan fingerprint density at radius 1 is 1.16 bits per heavy atom. The van der Waals surface area contributed by atoms with E-state index in [-0.39, 0.29) is 6.42 Å². The van der Waals surface area contributed by atoms with Crippen LogP contribution in [-0.4, -0.2) is 57.2 Å². The highest BCUT2D eigenvalue weighted by molar-refractivity contribution is 7.89. The standard InChI is InChI=1S/C11H19NO6S/c1-17-10(13)7-9-5-3-4-6-12(9)19(15,16)8-11(14)18-2/h9H,3-8H2,1-2H3.